The maximum absolute atomic E-state index is 5.81. The van der Waals surface area contributed by atoms with E-state index in [-0.39, 0.29) is 0 Å². The first-order chi connectivity index (χ1) is 9.81. The molecule has 1 N–H and O–H groups in total. The number of ether oxygens (including phenoxy) is 1. The van der Waals surface area contributed by atoms with Gasteiger partial charge >= 0.3 is 0 Å². The average molecular weight is 332 g/mol. The van der Waals surface area contributed by atoms with Gasteiger partial charge in [0.2, 0.25) is 0 Å². The van der Waals surface area contributed by atoms with Crippen molar-refractivity contribution in [2.45, 2.75) is 19.3 Å². The topological polar surface area (TPSA) is 21.3 Å². The number of hydrogen-bond donors (Lipinski definition) is 1. The van der Waals surface area contributed by atoms with Crippen LogP contribution < -0.4 is 10.1 Å². The molecule has 0 spiro atoms. The zero-order chi connectivity index (χ0) is 13.8. The van der Waals surface area contributed by atoms with Crippen molar-refractivity contribution in [2.24, 2.45) is 0 Å². The number of fused-ring (bicyclic) bond motifs is 1. The Morgan fingerprint density at radius 3 is 2.85 bits per heavy atom. The van der Waals surface area contributed by atoms with Crippen LogP contribution in [0.25, 0.3) is 0 Å². The zero-order valence-corrected chi connectivity index (χ0v) is 12.9. The van der Waals surface area contributed by atoms with E-state index in [1.54, 1.807) is 0 Å². The van der Waals surface area contributed by atoms with Crippen molar-refractivity contribution in [3.05, 3.63) is 58.1 Å². The lowest BCUT2D eigenvalue weighted by Gasteiger charge is -2.10. The van der Waals surface area contributed by atoms with Gasteiger partial charge in [0.1, 0.15) is 12.4 Å². The number of rotatable bonds is 5. The van der Waals surface area contributed by atoms with Gasteiger partial charge in [-0.2, -0.15) is 0 Å². The van der Waals surface area contributed by atoms with Crippen molar-refractivity contribution in [2.75, 3.05) is 18.5 Å². The van der Waals surface area contributed by atoms with Crippen LogP contribution in [-0.4, -0.2) is 13.2 Å². The highest BCUT2D eigenvalue weighted by molar-refractivity contribution is 9.10. The summed E-state index contributed by atoms with van der Waals surface area (Å²) in [7, 11) is 0. The second kappa shape index (κ2) is 6.31. The first kappa shape index (κ1) is 13.5. The summed E-state index contributed by atoms with van der Waals surface area (Å²) in [5.74, 6) is 0.988. The van der Waals surface area contributed by atoms with Crippen molar-refractivity contribution in [3.8, 4) is 5.75 Å². The molecule has 0 saturated carbocycles. The van der Waals surface area contributed by atoms with E-state index in [1.807, 2.05) is 12.1 Å². The third kappa shape index (κ3) is 3.34. The molecule has 0 bridgehead atoms. The molecule has 1 aliphatic rings. The van der Waals surface area contributed by atoms with Crippen LogP contribution in [0.1, 0.15) is 17.5 Å². The van der Waals surface area contributed by atoms with Crippen LogP contribution in [0.15, 0.2) is 46.9 Å². The highest BCUT2D eigenvalue weighted by Gasteiger charge is 2.10. The third-order valence-electron chi connectivity index (χ3n) is 3.59. The van der Waals surface area contributed by atoms with E-state index in [2.05, 4.69) is 51.6 Å². The van der Waals surface area contributed by atoms with Crippen LogP contribution in [0, 0.1) is 0 Å². The molecule has 0 saturated heterocycles. The van der Waals surface area contributed by atoms with Gasteiger partial charge in [-0.1, -0.05) is 28.1 Å². The molecule has 0 heterocycles. The standard InChI is InChI=1S/C17H18BrNO/c18-15-5-2-6-16(12-15)19-9-10-20-17-8-7-13-3-1-4-14(13)11-17/h2,5-8,11-12,19H,1,3-4,9-10H2. The van der Waals surface area contributed by atoms with Crippen LogP contribution in [0.5, 0.6) is 5.75 Å². The van der Waals surface area contributed by atoms with Crippen LogP contribution in [-0.2, 0) is 12.8 Å². The monoisotopic (exact) mass is 331 g/mol. The molecule has 0 amide bonds. The summed E-state index contributed by atoms with van der Waals surface area (Å²) < 4.78 is 6.89. The Morgan fingerprint density at radius 1 is 1.05 bits per heavy atom. The van der Waals surface area contributed by atoms with E-state index in [9.17, 15) is 0 Å². The van der Waals surface area contributed by atoms with Crippen LogP contribution in [0.2, 0.25) is 0 Å². The normalized spacial score (nSPS) is 13.1. The van der Waals surface area contributed by atoms with E-state index < -0.39 is 0 Å². The highest BCUT2D eigenvalue weighted by Crippen LogP contribution is 2.26. The minimum atomic E-state index is 0.672. The van der Waals surface area contributed by atoms with Gasteiger partial charge in [-0.05, 0) is 60.7 Å². The summed E-state index contributed by atoms with van der Waals surface area (Å²) in [4.78, 5) is 0. The van der Waals surface area contributed by atoms with E-state index in [0.717, 1.165) is 22.5 Å². The Morgan fingerprint density at radius 2 is 1.95 bits per heavy atom. The second-order valence-corrected chi connectivity index (χ2v) is 5.99. The molecule has 3 rings (SSSR count). The van der Waals surface area contributed by atoms with Gasteiger partial charge in [-0.3, -0.25) is 0 Å². The largest absolute Gasteiger partial charge is 0.492 e. The molecule has 0 atom stereocenters. The first-order valence-electron chi connectivity index (χ1n) is 7.05. The molecular weight excluding hydrogens is 314 g/mol. The van der Waals surface area contributed by atoms with Gasteiger partial charge in [-0.15, -0.1) is 0 Å². The van der Waals surface area contributed by atoms with Gasteiger partial charge in [0.15, 0.2) is 0 Å². The molecule has 104 valence electrons. The summed E-state index contributed by atoms with van der Waals surface area (Å²) in [5, 5.41) is 3.35. The van der Waals surface area contributed by atoms with E-state index >= 15 is 0 Å². The lowest BCUT2D eigenvalue weighted by Crippen LogP contribution is -2.11. The van der Waals surface area contributed by atoms with Gasteiger partial charge in [0.25, 0.3) is 0 Å². The SMILES string of the molecule is Brc1cccc(NCCOc2ccc3c(c2)CCC3)c1. The molecule has 2 aromatic rings. The van der Waals surface area contributed by atoms with Crippen LogP contribution in [0.4, 0.5) is 5.69 Å². The minimum absolute atomic E-state index is 0.672. The van der Waals surface area contributed by atoms with Gasteiger partial charge in [0.05, 0.1) is 0 Å². The molecule has 2 nitrogen and oxygen atoms in total. The fourth-order valence-electron chi connectivity index (χ4n) is 2.60. The molecule has 0 fully saturated rings. The lowest BCUT2D eigenvalue weighted by molar-refractivity contribution is 0.332. The predicted octanol–water partition coefficient (Wildman–Crippen LogP) is 4.43. The smallest absolute Gasteiger partial charge is 0.119 e. The number of anilines is 1. The number of benzene rings is 2. The first-order valence-corrected chi connectivity index (χ1v) is 7.84. The van der Waals surface area contributed by atoms with E-state index in [4.69, 9.17) is 4.74 Å². The van der Waals surface area contributed by atoms with Crippen LogP contribution in [0.3, 0.4) is 0 Å². The van der Waals surface area contributed by atoms with Crippen LogP contribution >= 0.6 is 15.9 Å². The van der Waals surface area contributed by atoms with Crippen molar-refractivity contribution in [3.63, 3.8) is 0 Å². The molecule has 0 unspecified atom stereocenters. The molecule has 20 heavy (non-hydrogen) atoms. The average Bonchev–Trinajstić information content (AvgIpc) is 2.91. The molecular formula is C17H18BrNO. The molecule has 0 aliphatic heterocycles. The Hall–Kier alpha value is -1.48. The number of nitrogens with one attached hydrogen (secondary N) is 1. The van der Waals surface area contributed by atoms with E-state index in [1.165, 1.54) is 30.4 Å². The summed E-state index contributed by atoms with van der Waals surface area (Å²) in [6.45, 7) is 1.47. The fraction of sp³-hybridized carbons (Fsp3) is 0.294. The maximum atomic E-state index is 5.81. The van der Waals surface area contributed by atoms with Crippen molar-refractivity contribution in [1.29, 1.82) is 0 Å². The van der Waals surface area contributed by atoms with Gasteiger partial charge in [-0.25, -0.2) is 0 Å². The molecule has 0 radical (unpaired) electrons. The molecule has 1 aliphatic carbocycles. The summed E-state index contributed by atoms with van der Waals surface area (Å²) >= 11 is 3.47. The van der Waals surface area contributed by atoms with Crippen molar-refractivity contribution >= 4 is 21.6 Å². The predicted molar refractivity (Wildman–Crippen MR) is 86.6 cm³/mol. The van der Waals surface area contributed by atoms with E-state index in [0.29, 0.717) is 6.61 Å². The maximum Gasteiger partial charge on any atom is 0.119 e. The van der Waals surface area contributed by atoms with Gasteiger partial charge < -0.3 is 10.1 Å². The molecule has 3 heteroatoms. The van der Waals surface area contributed by atoms with Crippen molar-refractivity contribution < 1.29 is 4.74 Å². The minimum Gasteiger partial charge on any atom is -0.492 e. The number of halogens is 1. The fourth-order valence-corrected chi connectivity index (χ4v) is 3.00. The Balaban J connectivity index is 1.48. The zero-order valence-electron chi connectivity index (χ0n) is 11.4. The Bertz CT molecular complexity index is 597. The lowest BCUT2D eigenvalue weighted by atomic mass is 10.1. The quantitative estimate of drug-likeness (QED) is 0.818. The Labute approximate surface area is 128 Å². The van der Waals surface area contributed by atoms with Crippen molar-refractivity contribution in [1.82, 2.24) is 0 Å². The van der Waals surface area contributed by atoms with Gasteiger partial charge in [0, 0.05) is 16.7 Å². The Kier molecular flexibility index (Phi) is 4.26. The third-order valence-corrected chi connectivity index (χ3v) is 4.09. The second-order valence-electron chi connectivity index (χ2n) is 5.07. The summed E-state index contributed by atoms with van der Waals surface area (Å²) in [5.41, 5.74) is 4.06. The molecule has 2 aromatic carbocycles. The summed E-state index contributed by atoms with van der Waals surface area (Å²) in [6.07, 6.45) is 3.70. The summed E-state index contributed by atoms with van der Waals surface area (Å²) in [6, 6.07) is 14.7. The highest BCUT2D eigenvalue weighted by atomic mass is 79.9. The number of hydrogen-bond acceptors (Lipinski definition) is 2. The number of aryl methyl sites for hydroxylation is 2. The molecule has 0 aromatic heterocycles.